The smallest absolute Gasteiger partial charge is 0.234 e. The van der Waals surface area contributed by atoms with Crippen molar-refractivity contribution in [3.05, 3.63) is 54.1 Å². The summed E-state index contributed by atoms with van der Waals surface area (Å²) in [5.41, 5.74) is 1.98. The Kier molecular flexibility index (Phi) is 7.44. The quantitative estimate of drug-likeness (QED) is 0.483. The molecule has 2 aromatic carbocycles. The third-order valence-electron chi connectivity index (χ3n) is 5.69. The molecule has 1 heterocycles. The molecule has 1 aromatic heterocycles. The summed E-state index contributed by atoms with van der Waals surface area (Å²) in [7, 11) is 1.63. The molecule has 0 saturated heterocycles. The molecule has 172 valence electrons. The van der Waals surface area contributed by atoms with E-state index in [-0.39, 0.29) is 11.8 Å². The molecule has 8 heteroatoms. The summed E-state index contributed by atoms with van der Waals surface area (Å²) in [5.74, 6) is 1.18. The van der Waals surface area contributed by atoms with Crippen LogP contribution < -0.4 is 10.1 Å². The predicted octanol–water partition coefficient (Wildman–Crippen LogP) is 4.79. The number of amides is 1. The molecule has 0 saturated carbocycles. The molecule has 1 amide bonds. The zero-order chi connectivity index (χ0) is 24.2. The van der Waals surface area contributed by atoms with Gasteiger partial charge in [-0.1, -0.05) is 43.3 Å². The molecule has 0 aliphatic carbocycles. The van der Waals surface area contributed by atoms with Gasteiger partial charge in [-0.3, -0.25) is 9.36 Å². The maximum absolute atomic E-state index is 12.9. The van der Waals surface area contributed by atoms with E-state index in [1.165, 1.54) is 11.8 Å². The molecule has 0 fully saturated rings. The van der Waals surface area contributed by atoms with Crippen LogP contribution in [0.15, 0.2) is 53.7 Å². The highest BCUT2D eigenvalue weighted by atomic mass is 32.2. The van der Waals surface area contributed by atoms with Crippen molar-refractivity contribution in [3.63, 3.8) is 0 Å². The normalized spacial score (nSPS) is 13.8. The van der Waals surface area contributed by atoms with E-state index in [0.29, 0.717) is 11.0 Å². The molecule has 3 rings (SSSR count). The fraction of sp³-hybridized carbons (Fsp3) is 0.360. The number of nitriles is 1. The first kappa shape index (κ1) is 24.3. The molecular formula is C25H29N5O2S. The van der Waals surface area contributed by atoms with Crippen molar-refractivity contribution in [2.75, 3.05) is 7.11 Å². The second-order valence-electron chi connectivity index (χ2n) is 8.42. The number of nitrogens with zero attached hydrogens (tertiary/aromatic N) is 4. The average Bonchev–Trinajstić information content (AvgIpc) is 3.22. The highest BCUT2D eigenvalue weighted by Gasteiger charge is 2.32. The van der Waals surface area contributed by atoms with Crippen molar-refractivity contribution >= 4 is 17.7 Å². The Bertz CT molecular complexity index is 1150. The predicted molar refractivity (Wildman–Crippen MR) is 130 cm³/mol. The number of ether oxygens (including phenoxy) is 1. The highest BCUT2D eigenvalue weighted by molar-refractivity contribution is 8.00. The summed E-state index contributed by atoms with van der Waals surface area (Å²) in [5, 5.41) is 21.4. The number of aromatic nitrogens is 3. The number of rotatable bonds is 8. The number of carbonyl (C=O) groups is 1. The molecule has 2 unspecified atom stereocenters. The number of thioether (sulfide) groups is 1. The molecule has 1 N–H and O–H groups in total. The van der Waals surface area contributed by atoms with Crippen molar-refractivity contribution < 1.29 is 9.53 Å². The van der Waals surface area contributed by atoms with Crippen molar-refractivity contribution in [3.8, 4) is 28.9 Å². The van der Waals surface area contributed by atoms with E-state index < -0.39 is 10.8 Å². The van der Waals surface area contributed by atoms with Gasteiger partial charge in [0.05, 0.1) is 18.4 Å². The third-order valence-corrected chi connectivity index (χ3v) is 6.74. The van der Waals surface area contributed by atoms with E-state index >= 15 is 0 Å². The Morgan fingerprint density at radius 1 is 1.12 bits per heavy atom. The van der Waals surface area contributed by atoms with E-state index in [0.717, 1.165) is 22.6 Å². The van der Waals surface area contributed by atoms with Gasteiger partial charge in [0.25, 0.3) is 0 Å². The molecular weight excluding hydrogens is 434 g/mol. The zero-order valence-electron chi connectivity index (χ0n) is 19.8. The van der Waals surface area contributed by atoms with Crippen molar-refractivity contribution in [2.24, 2.45) is 5.92 Å². The van der Waals surface area contributed by atoms with Crippen LogP contribution in [-0.2, 0) is 4.79 Å². The van der Waals surface area contributed by atoms with Gasteiger partial charge in [0.2, 0.25) is 5.91 Å². The van der Waals surface area contributed by atoms with E-state index in [2.05, 4.69) is 21.6 Å². The van der Waals surface area contributed by atoms with Gasteiger partial charge < -0.3 is 10.1 Å². The molecule has 7 nitrogen and oxygen atoms in total. The first-order valence-electron chi connectivity index (χ1n) is 10.8. The minimum Gasteiger partial charge on any atom is -0.497 e. The van der Waals surface area contributed by atoms with E-state index in [4.69, 9.17) is 4.74 Å². The second kappa shape index (κ2) is 10.1. The summed E-state index contributed by atoms with van der Waals surface area (Å²) in [6.07, 6.45) is 0. The van der Waals surface area contributed by atoms with Crippen LogP contribution in [0.5, 0.6) is 5.75 Å². The largest absolute Gasteiger partial charge is 0.497 e. The zero-order valence-corrected chi connectivity index (χ0v) is 20.6. The van der Waals surface area contributed by atoms with Gasteiger partial charge in [0.15, 0.2) is 11.0 Å². The van der Waals surface area contributed by atoms with Gasteiger partial charge in [-0.15, -0.1) is 10.2 Å². The lowest BCUT2D eigenvalue weighted by Gasteiger charge is -2.28. The van der Waals surface area contributed by atoms with Crippen molar-refractivity contribution in [1.29, 1.82) is 5.26 Å². The molecule has 3 aromatic rings. The van der Waals surface area contributed by atoms with Gasteiger partial charge in [0, 0.05) is 11.3 Å². The number of nitrogens with one attached hydrogen (secondary N) is 1. The summed E-state index contributed by atoms with van der Waals surface area (Å²) in [4.78, 5) is 12.9. The standard InChI is InChI=1S/C25H29N5O2S/c1-16(2)25(5,15-26)27-23(31)18(4)33-24-29-28-22(19-9-13-21(32-6)14-10-19)30(24)20-11-7-17(3)8-12-20/h7-14,16,18H,1-6H3,(H,27,31). The Balaban J connectivity index is 1.96. The molecule has 0 aliphatic heterocycles. The van der Waals surface area contributed by atoms with E-state index in [1.54, 1.807) is 21.0 Å². The summed E-state index contributed by atoms with van der Waals surface area (Å²) >= 11 is 1.31. The number of carbonyl (C=O) groups excluding carboxylic acids is 1. The summed E-state index contributed by atoms with van der Waals surface area (Å²) in [6.45, 7) is 9.40. The lowest BCUT2D eigenvalue weighted by molar-refractivity contribution is -0.121. The van der Waals surface area contributed by atoms with Crippen LogP contribution >= 0.6 is 11.8 Å². The van der Waals surface area contributed by atoms with Gasteiger partial charge >= 0.3 is 0 Å². The molecule has 2 atom stereocenters. The Morgan fingerprint density at radius 2 is 1.76 bits per heavy atom. The van der Waals surface area contributed by atoms with E-state index in [1.807, 2.05) is 73.9 Å². The fourth-order valence-corrected chi connectivity index (χ4v) is 3.94. The fourth-order valence-electron chi connectivity index (χ4n) is 3.07. The second-order valence-corrected chi connectivity index (χ2v) is 9.73. The number of hydrogen-bond acceptors (Lipinski definition) is 6. The molecule has 0 spiro atoms. The monoisotopic (exact) mass is 463 g/mol. The van der Waals surface area contributed by atoms with Crippen LogP contribution in [0.2, 0.25) is 0 Å². The minimum atomic E-state index is -0.940. The SMILES string of the molecule is COc1ccc(-c2nnc(SC(C)C(=O)NC(C)(C#N)C(C)C)n2-c2ccc(C)cc2)cc1. The topological polar surface area (TPSA) is 92.8 Å². The first-order valence-corrected chi connectivity index (χ1v) is 11.6. The third kappa shape index (κ3) is 5.37. The maximum atomic E-state index is 12.9. The van der Waals surface area contributed by atoms with Crippen molar-refractivity contribution in [2.45, 2.75) is 50.6 Å². The first-order chi connectivity index (χ1) is 15.7. The maximum Gasteiger partial charge on any atom is 0.234 e. The Labute approximate surface area is 199 Å². The van der Waals surface area contributed by atoms with Crippen LogP contribution in [0, 0.1) is 24.2 Å². The highest BCUT2D eigenvalue weighted by Crippen LogP contribution is 2.31. The van der Waals surface area contributed by atoms with Gasteiger partial charge in [0.1, 0.15) is 11.3 Å². The summed E-state index contributed by atoms with van der Waals surface area (Å²) in [6, 6.07) is 17.9. The number of aryl methyl sites for hydroxylation is 1. The van der Waals surface area contributed by atoms with Gasteiger partial charge in [-0.25, -0.2) is 0 Å². The van der Waals surface area contributed by atoms with Gasteiger partial charge in [-0.05, 0) is 63.1 Å². The Hall–Kier alpha value is -3.31. The van der Waals surface area contributed by atoms with Crippen molar-refractivity contribution in [1.82, 2.24) is 20.1 Å². The number of hydrogen-bond donors (Lipinski definition) is 1. The van der Waals surface area contributed by atoms with Gasteiger partial charge in [-0.2, -0.15) is 5.26 Å². The molecule has 0 radical (unpaired) electrons. The van der Waals surface area contributed by atoms with Crippen LogP contribution in [0.1, 0.15) is 33.3 Å². The molecule has 0 aliphatic rings. The van der Waals surface area contributed by atoms with Crippen LogP contribution in [0.25, 0.3) is 17.1 Å². The van der Waals surface area contributed by atoms with E-state index in [9.17, 15) is 10.1 Å². The number of benzene rings is 2. The lowest BCUT2D eigenvalue weighted by Crippen LogP contribution is -2.51. The number of methoxy groups -OCH3 is 1. The average molecular weight is 464 g/mol. The Morgan fingerprint density at radius 3 is 2.30 bits per heavy atom. The minimum absolute atomic E-state index is 0.0264. The van der Waals surface area contributed by atoms with Crippen LogP contribution in [-0.4, -0.2) is 38.6 Å². The van der Waals surface area contributed by atoms with Crippen LogP contribution in [0.3, 0.4) is 0 Å². The lowest BCUT2D eigenvalue weighted by atomic mass is 9.90. The molecule has 33 heavy (non-hydrogen) atoms. The van der Waals surface area contributed by atoms with Crippen LogP contribution in [0.4, 0.5) is 0 Å². The summed E-state index contributed by atoms with van der Waals surface area (Å²) < 4.78 is 7.21. The molecule has 0 bridgehead atoms.